The third-order valence-corrected chi connectivity index (χ3v) is 6.81. The molecule has 0 aliphatic carbocycles. The molecule has 9 nitrogen and oxygen atoms in total. The van der Waals surface area contributed by atoms with Crippen LogP contribution in [0.3, 0.4) is 0 Å². The Morgan fingerprint density at radius 3 is 2.54 bits per heavy atom. The van der Waals surface area contributed by atoms with E-state index in [-0.39, 0.29) is 33.6 Å². The molecule has 0 radical (unpaired) electrons. The van der Waals surface area contributed by atoms with Crippen LogP contribution in [0.15, 0.2) is 65.6 Å². The molecule has 0 unspecified atom stereocenters. The smallest absolute Gasteiger partial charge is 0.335 e. The SMILES string of the molecule is COc1cc(/C=C2/SC(=O)N(CC(=O)Nc3ccc(C)cc3)C2=O)cc(Cl)c1OCc1cccc(C(=O)O)c1. The number of aromatic carboxylic acids is 1. The van der Waals surface area contributed by atoms with Crippen molar-refractivity contribution in [3.63, 3.8) is 0 Å². The summed E-state index contributed by atoms with van der Waals surface area (Å²) in [6.45, 7) is 1.54. The van der Waals surface area contributed by atoms with Crippen molar-refractivity contribution in [2.45, 2.75) is 13.5 Å². The van der Waals surface area contributed by atoms with Crippen LogP contribution in [0.2, 0.25) is 5.02 Å². The molecular weight excluding hydrogens is 544 g/mol. The van der Waals surface area contributed by atoms with Crippen LogP contribution in [-0.2, 0) is 16.2 Å². The third-order valence-electron chi connectivity index (χ3n) is 5.62. The van der Waals surface area contributed by atoms with E-state index in [2.05, 4.69) is 5.32 Å². The van der Waals surface area contributed by atoms with E-state index >= 15 is 0 Å². The number of benzene rings is 3. The van der Waals surface area contributed by atoms with Crippen molar-refractivity contribution in [2.24, 2.45) is 0 Å². The summed E-state index contributed by atoms with van der Waals surface area (Å²) in [7, 11) is 1.42. The highest BCUT2D eigenvalue weighted by atomic mass is 35.5. The number of carboxylic acid groups (broad SMARTS) is 1. The average Bonchev–Trinajstić information content (AvgIpc) is 3.16. The molecule has 1 heterocycles. The largest absolute Gasteiger partial charge is 0.493 e. The van der Waals surface area contributed by atoms with Gasteiger partial charge < -0.3 is 19.9 Å². The fourth-order valence-electron chi connectivity index (χ4n) is 3.68. The number of thioether (sulfide) groups is 1. The molecule has 0 atom stereocenters. The number of anilines is 1. The number of aryl methyl sites for hydroxylation is 1. The number of carbonyl (C=O) groups is 4. The molecule has 2 N–H and O–H groups in total. The van der Waals surface area contributed by atoms with Gasteiger partial charge >= 0.3 is 5.97 Å². The molecule has 0 saturated carbocycles. The molecular formula is C28H23ClN2O7S. The first-order valence-corrected chi connectivity index (χ1v) is 12.8. The highest BCUT2D eigenvalue weighted by Crippen LogP contribution is 2.39. The highest BCUT2D eigenvalue weighted by Gasteiger charge is 2.36. The molecule has 1 aliphatic rings. The standard InChI is InChI=1S/C28H23ClN2O7S/c1-16-6-8-20(9-7-16)30-24(32)14-31-26(33)23(39-28(31)36)13-18-11-21(29)25(22(12-18)37-2)38-15-17-4-3-5-19(10-17)27(34)35/h3-13H,14-15H2,1-2H3,(H,30,32)(H,34,35)/b23-13+. The lowest BCUT2D eigenvalue weighted by atomic mass is 10.1. The van der Waals surface area contributed by atoms with Gasteiger partial charge in [0, 0.05) is 5.69 Å². The first-order chi connectivity index (χ1) is 18.6. The van der Waals surface area contributed by atoms with Gasteiger partial charge in [-0.15, -0.1) is 0 Å². The Balaban J connectivity index is 1.46. The van der Waals surface area contributed by atoms with Crippen LogP contribution in [0, 0.1) is 6.92 Å². The Morgan fingerprint density at radius 2 is 1.85 bits per heavy atom. The maximum Gasteiger partial charge on any atom is 0.335 e. The van der Waals surface area contributed by atoms with E-state index < -0.39 is 29.6 Å². The van der Waals surface area contributed by atoms with Crippen LogP contribution in [0.25, 0.3) is 6.08 Å². The average molecular weight is 567 g/mol. The normalized spacial score (nSPS) is 14.0. The molecule has 200 valence electrons. The van der Waals surface area contributed by atoms with Gasteiger partial charge in [-0.2, -0.15) is 0 Å². The Kier molecular flexibility index (Phi) is 8.58. The van der Waals surface area contributed by atoms with Crippen LogP contribution in [0.4, 0.5) is 10.5 Å². The molecule has 0 bridgehead atoms. The second-order valence-electron chi connectivity index (χ2n) is 8.51. The van der Waals surface area contributed by atoms with E-state index in [9.17, 15) is 24.3 Å². The summed E-state index contributed by atoms with van der Waals surface area (Å²) in [5.41, 5.74) is 2.83. The minimum atomic E-state index is -1.05. The second kappa shape index (κ2) is 12.1. The lowest BCUT2D eigenvalue weighted by Gasteiger charge is -2.14. The van der Waals surface area contributed by atoms with E-state index in [4.69, 9.17) is 21.1 Å². The predicted octanol–water partition coefficient (Wildman–Crippen LogP) is 5.61. The van der Waals surface area contributed by atoms with Gasteiger partial charge in [-0.25, -0.2) is 4.79 Å². The van der Waals surface area contributed by atoms with Crippen LogP contribution in [0.5, 0.6) is 11.5 Å². The van der Waals surface area contributed by atoms with Crippen molar-refractivity contribution >= 4 is 58.1 Å². The number of imide groups is 1. The number of halogens is 1. The number of methoxy groups -OCH3 is 1. The third kappa shape index (κ3) is 6.78. The minimum absolute atomic E-state index is 0.0418. The molecule has 4 rings (SSSR count). The highest BCUT2D eigenvalue weighted by molar-refractivity contribution is 8.18. The maximum absolute atomic E-state index is 12.9. The fourth-order valence-corrected chi connectivity index (χ4v) is 4.79. The number of hydrogen-bond donors (Lipinski definition) is 2. The second-order valence-corrected chi connectivity index (χ2v) is 9.91. The maximum atomic E-state index is 12.9. The van der Waals surface area contributed by atoms with Crippen molar-refractivity contribution in [2.75, 3.05) is 19.0 Å². The van der Waals surface area contributed by atoms with E-state index in [0.29, 0.717) is 28.6 Å². The number of ether oxygens (including phenoxy) is 2. The summed E-state index contributed by atoms with van der Waals surface area (Å²) in [5.74, 6) is -1.63. The van der Waals surface area contributed by atoms with Gasteiger partial charge in [0.05, 0.1) is 22.6 Å². The summed E-state index contributed by atoms with van der Waals surface area (Å²) in [6.07, 6.45) is 1.48. The minimum Gasteiger partial charge on any atom is -0.493 e. The van der Waals surface area contributed by atoms with Crippen molar-refractivity contribution < 1.29 is 33.8 Å². The zero-order chi connectivity index (χ0) is 28.1. The molecule has 3 aromatic carbocycles. The molecule has 11 heteroatoms. The van der Waals surface area contributed by atoms with Crippen LogP contribution in [0.1, 0.15) is 27.0 Å². The summed E-state index contributed by atoms with van der Waals surface area (Å²) in [6, 6.07) is 16.6. The Morgan fingerprint density at radius 1 is 1.10 bits per heavy atom. The van der Waals surface area contributed by atoms with E-state index in [1.807, 2.05) is 19.1 Å². The zero-order valence-corrected chi connectivity index (χ0v) is 22.5. The van der Waals surface area contributed by atoms with Crippen molar-refractivity contribution in [3.8, 4) is 11.5 Å². The van der Waals surface area contributed by atoms with Crippen LogP contribution in [-0.4, -0.2) is 46.7 Å². The predicted molar refractivity (Wildman–Crippen MR) is 148 cm³/mol. The van der Waals surface area contributed by atoms with E-state index in [0.717, 1.165) is 10.5 Å². The van der Waals surface area contributed by atoms with Crippen molar-refractivity contribution in [1.29, 1.82) is 0 Å². The molecule has 1 saturated heterocycles. The van der Waals surface area contributed by atoms with Gasteiger partial charge in [0.15, 0.2) is 11.5 Å². The summed E-state index contributed by atoms with van der Waals surface area (Å²) in [5, 5.41) is 11.5. The molecule has 39 heavy (non-hydrogen) atoms. The Bertz CT molecular complexity index is 1490. The van der Waals surface area contributed by atoms with Gasteiger partial charge in [-0.3, -0.25) is 19.3 Å². The van der Waals surface area contributed by atoms with Crippen molar-refractivity contribution in [3.05, 3.63) is 92.8 Å². The van der Waals surface area contributed by atoms with Gasteiger partial charge in [0.25, 0.3) is 11.1 Å². The monoisotopic (exact) mass is 566 g/mol. The molecule has 1 fully saturated rings. The quantitative estimate of drug-likeness (QED) is 0.320. The molecule has 3 aromatic rings. The number of amides is 3. The fraction of sp³-hybridized carbons (Fsp3) is 0.143. The van der Waals surface area contributed by atoms with E-state index in [1.165, 1.54) is 25.3 Å². The number of rotatable bonds is 9. The number of nitrogens with one attached hydrogen (secondary N) is 1. The van der Waals surface area contributed by atoms with Gasteiger partial charge in [0.1, 0.15) is 13.2 Å². The molecule has 0 spiro atoms. The first-order valence-electron chi connectivity index (χ1n) is 11.6. The Hall–Kier alpha value is -4.28. The summed E-state index contributed by atoms with van der Waals surface area (Å²) < 4.78 is 11.2. The molecule has 0 aromatic heterocycles. The number of carbonyl (C=O) groups excluding carboxylic acids is 3. The van der Waals surface area contributed by atoms with E-state index in [1.54, 1.807) is 36.4 Å². The lowest BCUT2D eigenvalue weighted by Crippen LogP contribution is -2.36. The summed E-state index contributed by atoms with van der Waals surface area (Å²) >= 11 is 7.16. The Labute approximate surface area is 233 Å². The van der Waals surface area contributed by atoms with Gasteiger partial charge in [-0.1, -0.05) is 41.4 Å². The number of nitrogens with zero attached hydrogens (tertiary/aromatic N) is 1. The van der Waals surface area contributed by atoms with Gasteiger partial charge in [-0.05, 0) is 72.3 Å². The number of hydrogen-bond acceptors (Lipinski definition) is 7. The van der Waals surface area contributed by atoms with Crippen LogP contribution < -0.4 is 14.8 Å². The van der Waals surface area contributed by atoms with Crippen LogP contribution >= 0.6 is 23.4 Å². The summed E-state index contributed by atoms with van der Waals surface area (Å²) in [4.78, 5) is 50.0. The molecule has 1 aliphatic heterocycles. The van der Waals surface area contributed by atoms with Crippen molar-refractivity contribution in [1.82, 2.24) is 4.90 Å². The molecule has 3 amide bonds. The number of carboxylic acids is 1. The lowest BCUT2D eigenvalue weighted by molar-refractivity contribution is -0.127. The van der Waals surface area contributed by atoms with Gasteiger partial charge in [0.2, 0.25) is 5.91 Å². The first kappa shape index (κ1) is 27.7. The topological polar surface area (TPSA) is 122 Å². The zero-order valence-electron chi connectivity index (χ0n) is 20.9.